The maximum atomic E-state index is 2.47. The molecule has 0 fully saturated rings. The van der Waals surface area contributed by atoms with Gasteiger partial charge >= 0.3 is 0 Å². The van der Waals surface area contributed by atoms with Gasteiger partial charge in [0.15, 0.2) is 0 Å². The molecule has 2 heterocycles. The van der Waals surface area contributed by atoms with Crippen molar-refractivity contribution in [1.82, 2.24) is 4.57 Å². The molecular formula is C43H30N2S. The molecule has 0 amide bonds. The topological polar surface area (TPSA) is 8.17 Å². The standard InChI is InChI=1S/C43H30N2S/c1-29-13-12-14-30(27-29)34-19-8-10-21-39(34)44(31-15-4-2-5-16-31)33-23-24-35-37-25-26-38-36-20-9-11-22-41(36)46-43(38)42(37)45(40(35)28-33)32-17-6-3-7-18-32/h2-28H,1H3. The number of benzene rings is 7. The summed E-state index contributed by atoms with van der Waals surface area (Å²) in [5.74, 6) is 0. The molecule has 2 aromatic heterocycles. The van der Waals surface area contributed by atoms with Crippen molar-refractivity contribution >= 4 is 70.4 Å². The third-order valence-corrected chi connectivity index (χ3v) is 10.2. The van der Waals surface area contributed by atoms with Gasteiger partial charge in [-0.1, -0.05) is 121 Å². The number of aryl methyl sites for hydroxylation is 1. The van der Waals surface area contributed by atoms with Gasteiger partial charge in [-0.05, 0) is 61.0 Å². The molecule has 0 aliphatic carbocycles. The first kappa shape index (κ1) is 26.7. The van der Waals surface area contributed by atoms with Crippen molar-refractivity contribution in [2.45, 2.75) is 6.92 Å². The molecule has 0 spiro atoms. The van der Waals surface area contributed by atoms with E-state index in [0.29, 0.717) is 0 Å². The Bertz CT molecular complexity index is 2540. The normalized spacial score (nSPS) is 11.6. The Labute approximate surface area is 272 Å². The van der Waals surface area contributed by atoms with Gasteiger partial charge in [0.1, 0.15) is 0 Å². The van der Waals surface area contributed by atoms with Gasteiger partial charge in [0.2, 0.25) is 0 Å². The van der Waals surface area contributed by atoms with Crippen LogP contribution in [0.15, 0.2) is 164 Å². The van der Waals surface area contributed by atoms with Crippen molar-refractivity contribution in [3.63, 3.8) is 0 Å². The lowest BCUT2D eigenvalue weighted by Crippen LogP contribution is -2.11. The van der Waals surface area contributed by atoms with Gasteiger partial charge in [0.05, 0.1) is 21.4 Å². The lowest BCUT2D eigenvalue weighted by molar-refractivity contribution is 1.18. The molecule has 0 saturated carbocycles. The van der Waals surface area contributed by atoms with Gasteiger partial charge in [0.25, 0.3) is 0 Å². The van der Waals surface area contributed by atoms with Crippen LogP contribution in [0.3, 0.4) is 0 Å². The van der Waals surface area contributed by atoms with Crippen LogP contribution in [-0.2, 0) is 0 Å². The van der Waals surface area contributed by atoms with E-state index in [1.54, 1.807) is 0 Å². The zero-order chi connectivity index (χ0) is 30.6. The molecule has 0 N–H and O–H groups in total. The lowest BCUT2D eigenvalue weighted by atomic mass is 10.00. The highest BCUT2D eigenvalue weighted by atomic mass is 32.1. The van der Waals surface area contributed by atoms with Crippen LogP contribution >= 0.6 is 11.3 Å². The molecule has 0 atom stereocenters. The number of anilines is 3. The average molecular weight is 607 g/mol. The molecular weight excluding hydrogens is 577 g/mol. The molecule has 0 radical (unpaired) electrons. The highest BCUT2D eigenvalue weighted by molar-refractivity contribution is 7.26. The number of thiophene rings is 1. The summed E-state index contributed by atoms with van der Waals surface area (Å²) in [6.45, 7) is 2.16. The SMILES string of the molecule is Cc1cccc(-c2ccccc2N(c2ccccc2)c2ccc3c4ccc5c6ccccc6sc5c4n(-c4ccccc4)c3c2)c1. The van der Waals surface area contributed by atoms with Crippen molar-refractivity contribution in [3.8, 4) is 16.8 Å². The monoisotopic (exact) mass is 606 g/mol. The van der Waals surface area contributed by atoms with E-state index in [9.17, 15) is 0 Å². The second-order valence-electron chi connectivity index (χ2n) is 11.9. The van der Waals surface area contributed by atoms with Crippen LogP contribution in [0, 0.1) is 6.92 Å². The van der Waals surface area contributed by atoms with Gasteiger partial charge in [0, 0.05) is 48.9 Å². The lowest BCUT2D eigenvalue weighted by Gasteiger charge is -2.28. The summed E-state index contributed by atoms with van der Waals surface area (Å²) in [4.78, 5) is 2.40. The van der Waals surface area contributed by atoms with Gasteiger partial charge in [-0.25, -0.2) is 0 Å². The van der Waals surface area contributed by atoms with E-state index in [1.165, 1.54) is 58.7 Å². The number of para-hydroxylation sites is 3. The minimum atomic E-state index is 1.12. The molecule has 218 valence electrons. The molecule has 0 bridgehead atoms. The second-order valence-corrected chi connectivity index (χ2v) is 12.9. The number of nitrogens with zero attached hydrogens (tertiary/aromatic N) is 2. The molecule has 0 aliphatic heterocycles. The zero-order valence-corrected chi connectivity index (χ0v) is 26.2. The Hall–Kier alpha value is -5.64. The Kier molecular flexibility index (Phi) is 6.25. The highest BCUT2D eigenvalue weighted by Crippen LogP contribution is 2.46. The maximum absolute atomic E-state index is 2.47. The van der Waals surface area contributed by atoms with Crippen LogP contribution in [0.4, 0.5) is 17.1 Å². The zero-order valence-electron chi connectivity index (χ0n) is 25.4. The minimum Gasteiger partial charge on any atom is -0.310 e. The summed E-state index contributed by atoms with van der Waals surface area (Å²) in [5, 5.41) is 5.15. The third-order valence-electron chi connectivity index (χ3n) is 9.02. The fourth-order valence-corrected chi connectivity index (χ4v) is 8.22. The Morgan fingerprint density at radius 3 is 2.09 bits per heavy atom. The van der Waals surface area contributed by atoms with Gasteiger partial charge in [-0.3, -0.25) is 0 Å². The van der Waals surface area contributed by atoms with E-state index in [1.807, 2.05) is 11.3 Å². The summed E-state index contributed by atoms with van der Waals surface area (Å²) in [5.41, 5.74) is 10.7. The Balaban J connectivity index is 1.36. The molecule has 2 nitrogen and oxygen atoms in total. The van der Waals surface area contributed by atoms with E-state index in [-0.39, 0.29) is 0 Å². The van der Waals surface area contributed by atoms with E-state index in [4.69, 9.17) is 0 Å². The van der Waals surface area contributed by atoms with Crippen molar-refractivity contribution < 1.29 is 0 Å². The molecule has 9 rings (SSSR count). The second kappa shape index (κ2) is 10.8. The smallest absolute Gasteiger partial charge is 0.0719 e. The molecule has 46 heavy (non-hydrogen) atoms. The summed E-state index contributed by atoms with van der Waals surface area (Å²) in [7, 11) is 0. The largest absolute Gasteiger partial charge is 0.310 e. The first-order valence-corrected chi connectivity index (χ1v) is 16.5. The van der Waals surface area contributed by atoms with Crippen LogP contribution in [0.25, 0.3) is 58.8 Å². The van der Waals surface area contributed by atoms with Crippen LogP contribution in [0.1, 0.15) is 5.56 Å². The molecule has 3 heteroatoms. The number of aromatic nitrogens is 1. The number of rotatable bonds is 5. The fourth-order valence-electron chi connectivity index (χ4n) is 6.98. The molecule has 0 saturated heterocycles. The summed E-state index contributed by atoms with van der Waals surface area (Å²) in [6, 6.07) is 59.4. The summed E-state index contributed by atoms with van der Waals surface area (Å²) < 4.78 is 5.12. The van der Waals surface area contributed by atoms with E-state index < -0.39 is 0 Å². The van der Waals surface area contributed by atoms with Crippen molar-refractivity contribution in [2.24, 2.45) is 0 Å². The predicted octanol–water partition coefficient (Wildman–Crippen LogP) is 12.6. The van der Waals surface area contributed by atoms with Crippen LogP contribution in [0.5, 0.6) is 0 Å². The van der Waals surface area contributed by atoms with Gasteiger partial charge in [-0.2, -0.15) is 0 Å². The molecule has 7 aromatic carbocycles. The fraction of sp³-hybridized carbons (Fsp3) is 0.0233. The van der Waals surface area contributed by atoms with Crippen LogP contribution in [-0.4, -0.2) is 4.57 Å². The molecule has 0 aliphatic rings. The maximum Gasteiger partial charge on any atom is 0.0719 e. The van der Waals surface area contributed by atoms with E-state index >= 15 is 0 Å². The third kappa shape index (κ3) is 4.24. The Morgan fingerprint density at radius 2 is 1.24 bits per heavy atom. The van der Waals surface area contributed by atoms with Crippen molar-refractivity contribution in [2.75, 3.05) is 4.90 Å². The molecule has 9 aromatic rings. The minimum absolute atomic E-state index is 1.12. The van der Waals surface area contributed by atoms with Crippen molar-refractivity contribution in [1.29, 1.82) is 0 Å². The number of fused-ring (bicyclic) bond motifs is 7. The van der Waals surface area contributed by atoms with E-state index in [2.05, 4.69) is 180 Å². The first-order chi connectivity index (χ1) is 22.7. The average Bonchev–Trinajstić information content (AvgIpc) is 3.65. The van der Waals surface area contributed by atoms with Crippen LogP contribution in [0.2, 0.25) is 0 Å². The molecule has 0 unspecified atom stereocenters. The summed E-state index contributed by atoms with van der Waals surface area (Å²) in [6.07, 6.45) is 0. The van der Waals surface area contributed by atoms with Gasteiger partial charge in [-0.15, -0.1) is 11.3 Å². The van der Waals surface area contributed by atoms with Crippen LogP contribution < -0.4 is 4.90 Å². The van der Waals surface area contributed by atoms with Gasteiger partial charge < -0.3 is 9.47 Å². The van der Waals surface area contributed by atoms with E-state index in [0.717, 1.165) is 22.7 Å². The highest BCUT2D eigenvalue weighted by Gasteiger charge is 2.21. The first-order valence-electron chi connectivity index (χ1n) is 15.7. The van der Waals surface area contributed by atoms with Crippen molar-refractivity contribution in [3.05, 3.63) is 169 Å². The Morgan fingerprint density at radius 1 is 0.522 bits per heavy atom. The number of hydrogen-bond acceptors (Lipinski definition) is 2. The summed E-state index contributed by atoms with van der Waals surface area (Å²) >= 11 is 1.89. The number of hydrogen-bond donors (Lipinski definition) is 0. The quantitative estimate of drug-likeness (QED) is 0.189. The predicted molar refractivity (Wildman–Crippen MR) is 199 cm³/mol.